The molecule has 3 aromatic heterocycles. The van der Waals surface area contributed by atoms with Gasteiger partial charge in [-0.3, -0.25) is 4.98 Å². The molecule has 1 aliphatic heterocycles. The monoisotopic (exact) mass is 463 g/mol. The zero-order valence-electron chi connectivity index (χ0n) is 16.9. The molecule has 1 atom stereocenters. The van der Waals surface area contributed by atoms with Gasteiger partial charge in [0.2, 0.25) is 5.95 Å². The van der Waals surface area contributed by atoms with E-state index in [1.165, 1.54) is 36.5 Å². The Bertz CT molecular complexity index is 1270. The molecular formula is C21H17N7O2S2. The lowest BCUT2D eigenvalue weighted by atomic mass is 9.96. The number of carbonyl (C=O) groups excluding carboxylic acids is 1. The lowest BCUT2D eigenvalue weighted by Gasteiger charge is -2.28. The van der Waals surface area contributed by atoms with E-state index in [1.54, 1.807) is 17.1 Å². The van der Waals surface area contributed by atoms with Crippen molar-refractivity contribution in [3.63, 3.8) is 0 Å². The molecule has 0 radical (unpaired) electrons. The largest absolute Gasteiger partial charge is 0.466 e. The van der Waals surface area contributed by atoms with Crippen molar-refractivity contribution in [3.05, 3.63) is 78.0 Å². The lowest BCUT2D eigenvalue weighted by Crippen LogP contribution is -2.30. The molecule has 0 saturated carbocycles. The van der Waals surface area contributed by atoms with Gasteiger partial charge in [-0.25, -0.2) is 9.48 Å². The number of hydrogen-bond donors (Lipinski definition) is 1. The van der Waals surface area contributed by atoms with Crippen molar-refractivity contribution in [2.24, 2.45) is 0 Å². The first kappa shape index (κ1) is 20.3. The standard InChI is InChI=1S/C21H17N7O2S2/c1-30-19(29)16-15(11-31-21-27-26-18(32-21)14-5-3-2-4-6-14)25-20-23-12-24-28(20)17(16)13-7-9-22-10-8-13/h2-10,12,17H,11H2,1H3,(H,23,24,25). The Kier molecular flexibility index (Phi) is 5.65. The highest BCUT2D eigenvalue weighted by atomic mass is 32.2. The maximum absolute atomic E-state index is 12.9. The zero-order chi connectivity index (χ0) is 21.9. The van der Waals surface area contributed by atoms with E-state index >= 15 is 0 Å². The van der Waals surface area contributed by atoms with Crippen LogP contribution < -0.4 is 5.32 Å². The van der Waals surface area contributed by atoms with Crippen LogP contribution >= 0.6 is 23.1 Å². The zero-order valence-corrected chi connectivity index (χ0v) is 18.5. The molecule has 4 heterocycles. The first-order chi connectivity index (χ1) is 15.7. The number of nitrogens with one attached hydrogen (secondary N) is 1. The third-order valence-corrected chi connectivity index (χ3v) is 7.01. The van der Waals surface area contributed by atoms with Gasteiger partial charge in [-0.15, -0.1) is 10.2 Å². The van der Waals surface area contributed by atoms with Crippen LogP contribution in [0.2, 0.25) is 0 Å². The summed E-state index contributed by atoms with van der Waals surface area (Å²) in [5.41, 5.74) is 3.05. The molecule has 0 fully saturated rings. The van der Waals surface area contributed by atoms with Gasteiger partial charge in [-0.2, -0.15) is 10.1 Å². The molecule has 4 aromatic rings. The van der Waals surface area contributed by atoms with E-state index in [2.05, 4.69) is 30.6 Å². The van der Waals surface area contributed by atoms with Crippen LogP contribution in [-0.2, 0) is 9.53 Å². The van der Waals surface area contributed by atoms with Crippen LogP contribution in [0.25, 0.3) is 10.6 Å². The van der Waals surface area contributed by atoms with Crippen molar-refractivity contribution in [2.75, 3.05) is 18.2 Å². The van der Waals surface area contributed by atoms with Crippen molar-refractivity contribution in [2.45, 2.75) is 10.4 Å². The maximum Gasteiger partial charge on any atom is 0.338 e. The van der Waals surface area contributed by atoms with Crippen molar-refractivity contribution in [1.82, 2.24) is 29.9 Å². The Labute approximate surface area is 191 Å². The third kappa shape index (κ3) is 3.87. The number of benzene rings is 1. The van der Waals surface area contributed by atoms with Gasteiger partial charge in [0.1, 0.15) is 17.4 Å². The summed E-state index contributed by atoms with van der Waals surface area (Å²) in [6.07, 6.45) is 4.83. The van der Waals surface area contributed by atoms with Crippen LogP contribution in [-0.4, -0.2) is 48.8 Å². The van der Waals surface area contributed by atoms with Crippen LogP contribution in [0.4, 0.5) is 5.95 Å². The fourth-order valence-electron chi connectivity index (χ4n) is 3.43. The number of nitrogens with zero attached hydrogens (tertiary/aromatic N) is 6. The van der Waals surface area contributed by atoms with E-state index < -0.39 is 12.0 Å². The van der Waals surface area contributed by atoms with E-state index in [0.717, 1.165) is 20.5 Å². The number of ether oxygens (including phenoxy) is 1. The number of thioether (sulfide) groups is 1. The molecule has 0 bridgehead atoms. The molecule has 0 amide bonds. The average molecular weight is 464 g/mol. The Balaban J connectivity index is 1.47. The van der Waals surface area contributed by atoms with Crippen LogP contribution in [0.5, 0.6) is 0 Å². The molecule has 1 aromatic carbocycles. The van der Waals surface area contributed by atoms with Crippen LogP contribution in [0.1, 0.15) is 11.6 Å². The molecule has 1 unspecified atom stereocenters. The molecule has 11 heteroatoms. The van der Waals surface area contributed by atoms with E-state index in [-0.39, 0.29) is 0 Å². The summed E-state index contributed by atoms with van der Waals surface area (Å²) < 4.78 is 7.60. The minimum atomic E-state index is -0.478. The number of pyridine rings is 1. The van der Waals surface area contributed by atoms with E-state index in [1.807, 2.05) is 42.5 Å². The summed E-state index contributed by atoms with van der Waals surface area (Å²) in [5.74, 6) is 0.582. The van der Waals surface area contributed by atoms with Crippen molar-refractivity contribution in [1.29, 1.82) is 0 Å². The highest BCUT2D eigenvalue weighted by molar-refractivity contribution is 8.01. The second kappa shape index (κ2) is 8.89. The summed E-state index contributed by atoms with van der Waals surface area (Å²) in [6.45, 7) is 0. The minimum absolute atomic E-state index is 0.432. The molecular weight excluding hydrogens is 446 g/mol. The number of anilines is 1. The summed E-state index contributed by atoms with van der Waals surface area (Å²) in [7, 11) is 1.37. The quantitative estimate of drug-likeness (QED) is 0.340. The maximum atomic E-state index is 12.9. The van der Waals surface area contributed by atoms with Gasteiger partial charge in [-0.05, 0) is 17.7 Å². The Morgan fingerprint density at radius 2 is 2.00 bits per heavy atom. The summed E-state index contributed by atoms with van der Waals surface area (Å²) in [6, 6.07) is 13.1. The highest BCUT2D eigenvalue weighted by Crippen LogP contribution is 2.37. The predicted octanol–water partition coefficient (Wildman–Crippen LogP) is 3.43. The van der Waals surface area contributed by atoms with Crippen molar-refractivity contribution in [3.8, 4) is 10.6 Å². The number of esters is 1. The van der Waals surface area contributed by atoms with Gasteiger partial charge in [0, 0.05) is 29.4 Å². The van der Waals surface area contributed by atoms with E-state index in [9.17, 15) is 4.79 Å². The van der Waals surface area contributed by atoms with Crippen LogP contribution in [0.3, 0.4) is 0 Å². The predicted molar refractivity (Wildman–Crippen MR) is 121 cm³/mol. The molecule has 160 valence electrons. The first-order valence-corrected chi connectivity index (χ1v) is 11.4. The van der Waals surface area contributed by atoms with Gasteiger partial charge >= 0.3 is 5.97 Å². The lowest BCUT2D eigenvalue weighted by molar-refractivity contribution is -0.136. The number of methoxy groups -OCH3 is 1. The molecule has 0 spiro atoms. The number of carbonyl (C=O) groups is 1. The molecule has 32 heavy (non-hydrogen) atoms. The van der Waals surface area contributed by atoms with Crippen molar-refractivity contribution >= 4 is 35.0 Å². The molecule has 0 aliphatic carbocycles. The van der Waals surface area contributed by atoms with Gasteiger partial charge < -0.3 is 10.1 Å². The number of hydrogen-bond acceptors (Lipinski definition) is 10. The first-order valence-electron chi connectivity index (χ1n) is 9.64. The Morgan fingerprint density at radius 1 is 1.19 bits per heavy atom. The third-order valence-electron chi connectivity index (χ3n) is 4.87. The highest BCUT2D eigenvalue weighted by Gasteiger charge is 2.35. The molecule has 0 saturated heterocycles. The molecule has 5 rings (SSSR count). The molecule has 1 N–H and O–H groups in total. The normalized spacial score (nSPS) is 15.2. The molecule has 1 aliphatic rings. The van der Waals surface area contributed by atoms with Crippen molar-refractivity contribution < 1.29 is 9.53 Å². The molecule has 9 nitrogen and oxygen atoms in total. The Hall–Kier alpha value is -3.57. The van der Waals surface area contributed by atoms with E-state index in [4.69, 9.17) is 4.74 Å². The fraction of sp³-hybridized carbons (Fsp3) is 0.143. The van der Waals surface area contributed by atoms with Gasteiger partial charge in [0.25, 0.3) is 0 Å². The second-order valence-electron chi connectivity index (χ2n) is 6.75. The van der Waals surface area contributed by atoms with Crippen LogP contribution in [0.15, 0.2) is 76.8 Å². The smallest absolute Gasteiger partial charge is 0.338 e. The number of aromatic nitrogens is 6. The summed E-state index contributed by atoms with van der Waals surface area (Å²) >= 11 is 3.00. The fourth-order valence-corrected chi connectivity index (χ4v) is 5.26. The van der Waals surface area contributed by atoms with Gasteiger partial charge in [0.05, 0.1) is 12.7 Å². The number of fused-ring (bicyclic) bond motifs is 1. The SMILES string of the molecule is COC(=O)C1=C(CSc2nnc(-c3ccccc3)s2)Nc2ncnn2C1c1ccncc1. The number of rotatable bonds is 6. The summed E-state index contributed by atoms with van der Waals surface area (Å²) in [4.78, 5) is 21.3. The summed E-state index contributed by atoms with van der Waals surface area (Å²) in [5, 5.41) is 17.0. The van der Waals surface area contributed by atoms with Gasteiger partial charge in [-0.1, -0.05) is 53.4 Å². The minimum Gasteiger partial charge on any atom is -0.466 e. The topological polar surface area (TPSA) is 108 Å². The van der Waals surface area contributed by atoms with E-state index in [0.29, 0.717) is 23.0 Å². The van der Waals surface area contributed by atoms with Gasteiger partial charge in [0.15, 0.2) is 4.34 Å². The second-order valence-corrected chi connectivity index (χ2v) is 8.95. The Morgan fingerprint density at radius 3 is 2.78 bits per heavy atom. The van der Waals surface area contributed by atoms with Crippen LogP contribution in [0, 0.1) is 0 Å². The average Bonchev–Trinajstić information content (AvgIpc) is 3.52.